The fraction of sp³-hybridized carbons (Fsp3) is 0.600. The molecule has 2 aromatic rings. The first-order valence-electron chi connectivity index (χ1n) is 17.2. The summed E-state index contributed by atoms with van der Waals surface area (Å²) in [6, 6.07) is 12.1. The Morgan fingerprint density at radius 3 is 1.79 bits per heavy atom. The van der Waals surface area contributed by atoms with E-state index in [-0.39, 0.29) is 30.3 Å². The van der Waals surface area contributed by atoms with Crippen molar-refractivity contribution in [1.29, 1.82) is 0 Å². The van der Waals surface area contributed by atoms with Crippen LogP contribution in [0.5, 0.6) is 0 Å². The second-order valence-electron chi connectivity index (χ2n) is 13.5. The molecule has 47 heavy (non-hydrogen) atoms. The maximum Gasteiger partial charge on any atom is 0.338 e. The van der Waals surface area contributed by atoms with Crippen molar-refractivity contribution in [2.24, 2.45) is 17.8 Å². The highest BCUT2D eigenvalue weighted by molar-refractivity contribution is 5.93. The highest BCUT2D eigenvalue weighted by atomic mass is 19.1. The molecule has 2 bridgehead atoms. The largest absolute Gasteiger partial charge is 0.459 e. The summed E-state index contributed by atoms with van der Waals surface area (Å²) in [4.78, 5) is 25.1. The highest BCUT2D eigenvalue weighted by Gasteiger charge is 2.31. The molecular formula is C40H58F2O5. The number of hydrogen-bond donors (Lipinski definition) is 0. The number of alkyl halides is 2. The van der Waals surface area contributed by atoms with Crippen LogP contribution in [0.4, 0.5) is 8.78 Å². The van der Waals surface area contributed by atoms with E-state index in [0.29, 0.717) is 38.2 Å². The van der Waals surface area contributed by atoms with E-state index >= 15 is 0 Å². The van der Waals surface area contributed by atoms with Gasteiger partial charge in [-0.1, -0.05) is 69.3 Å². The number of esters is 2. The number of hydrogen-bond acceptors (Lipinski definition) is 5. The zero-order valence-corrected chi connectivity index (χ0v) is 30.1. The summed E-state index contributed by atoms with van der Waals surface area (Å²) in [5.74, 6) is 1.49. The maximum atomic E-state index is 12.6. The molecule has 0 radical (unpaired) electrons. The Hall–Kier alpha value is -3.06. The van der Waals surface area contributed by atoms with Gasteiger partial charge in [-0.25, -0.2) is 9.59 Å². The summed E-state index contributed by atoms with van der Waals surface area (Å²) in [6.07, 6.45) is 12.5. The van der Waals surface area contributed by atoms with E-state index in [9.17, 15) is 18.4 Å². The lowest BCUT2D eigenvalue weighted by molar-refractivity contribution is -0.0863. The molecule has 262 valence electrons. The molecule has 5 rings (SSSR count). The quantitative estimate of drug-likeness (QED) is 0.209. The van der Waals surface area contributed by atoms with Gasteiger partial charge >= 0.3 is 11.9 Å². The molecular weight excluding hydrogens is 598 g/mol. The number of allylic oxidation sites excluding steroid dienone is 2. The van der Waals surface area contributed by atoms with E-state index in [1.807, 2.05) is 58.0 Å². The van der Waals surface area contributed by atoms with Crippen molar-refractivity contribution in [2.75, 3.05) is 14.4 Å². The molecule has 2 aromatic carbocycles. The minimum absolute atomic E-state index is 0.0363. The Morgan fingerprint density at radius 1 is 0.638 bits per heavy atom. The van der Waals surface area contributed by atoms with Gasteiger partial charge < -0.3 is 14.2 Å². The molecule has 7 heteroatoms. The van der Waals surface area contributed by atoms with Crippen LogP contribution in [0.3, 0.4) is 0 Å². The predicted octanol–water partition coefficient (Wildman–Crippen LogP) is 9.94. The third kappa shape index (κ3) is 12.2. The first-order chi connectivity index (χ1) is 22.5. The van der Waals surface area contributed by atoms with Gasteiger partial charge in [0.05, 0.1) is 43.8 Å². The van der Waals surface area contributed by atoms with Gasteiger partial charge in [0.1, 0.15) is 6.10 Å². The Kier molecular flexibility index (Phi) is 17.4. The molecule has 3 aliphatic rings. The number of cyclic esters (lactones) is 2. The van der Waals surface area contributed by atoms with E-state index in [1.165, 1.54) is 0 Å². The van der Waals surface area contributed by atoms with Gasteiger partial charge in [0.25, 0.3) is 0 Å². The van der Waals surface area contributed by atoms with E-state index in [4.69, 9.17) is 14.2 Å². The van der Waals surface area contributed by atoms with E-state index < -0.39 is 0 Å². The highest BCUT2D eigenvalue weighted by Crippen LogP contribution is 2.32. The minimum Gasteiger partial charge on any atom is -0.459 e. The number of rotatable bonds is 0. The van der Waals surface area contributed by atoms with Crippen molar-refractivity contribution in [3.8, 4) is 0 Å². The number of aryl methyl sites for hydroxylation is 3. The van der Waals surface area contributed by atoms with Crippen LogP contribution < -0.4 is 0 Å². The summed E-state index contributed by atoms with van der Waals surface area (Å²) in [6.45, 7) is 14.8. The fourth-order valence-corrected chi connectivity index (χ4v) is 6.91. The third-order valence-corrected chi connectivity index (χ3v) is 9.48. The predicted molar refractivity (Wildman–Crippen MR) is 187 cm³/mol. The van der Waals surface area contributed by atoms with E-state index in [1.54, 1.807) is 0 Å². The zero-order chi connectivity index (χ0) is 35.1. The van der Waals surface area contributed by atoms with E-state index in [0.717, 1.165) is 84.7 Å². The normalized spacial score (nSPS) is 27.7. The second-order valence-corrected chi connectivity index (χ2v) is 13.5. The first-order valence-corrected chi connectivity index (χ1v) is 17.2. The lowest BCUT2D eigenvalue weighted by Gasteiger charge is -2.34. The molecule has 0 spiro atoms. The number of carbonyl (C=O) groups excluding carboxylic acids is 2. The number of benzene rings is 2. The Labute approximate surface area is 282 Å². The molecule has 7 unspecified atom stereocenters. The van der Waals surface area contributed by atoms with Crippen LogP contribution >= 0.6 is 0 Å². The lowest BCUT2D eigenvalue weighted by atomic mass is 9.88. The van der Waals surface area contributed by atoms with Crippen LogP contribution in [0.2, 0.25) is 0 Å². The van der Waals surface area contributed by atoms with Crippen LogP contribution in [0.1, 0.15) is 116 Å². The zero-order valence-electron chi connectivity index (χ0n) is 30.1. The van der Waals surface area contributed by atoms with Gasteiger partial charge in [0.2, 0.25) is 0 Å². The number of fused-ring (bicyclic) bond motifs is 4. The molecule has 0 N–H and O–H groups in total. The van der Waals surface area contributed by atoms with Gasteiger partial charge in [-0.05, 0) is 113 Å². The van der Waals surface area contributed by atoms with Crippen LogP contribution in [0.15, 0.2) is 48.6 Å². The second kappa shape index (κ2) is 20.3. The van der Waals surface area contributed by atoms with Gasteiger partial charge in [-0.15, -0.1) is 0 Å². The number of halogens is 2. The van der Waals surface area contributed by atoms with Crippen LogP contribution in [0.25, 0.3) is 0 Å². The van der Waals surface area contributed by atoms with Crippen LogP contribution in [0, 0.1) is 31.6 Å². The molecule has 0 saturated carbocycles. The molecule has 1 fully saturated rings. The summed E-state index contributed by atoms with van der Waals surface area (Å²) < 4.78 is 36.6. The molecule has 0 aliphatic carbocycles. The van der Waals surface area contributed by atoms with Crippen molar-refractivity contribution < 1.29 is 32.6 Å². The monoisotopic (exact) mass is 656 g/mol. The van der Waals surface area contributed by atoms with Crippen LogP contribution in [-0.4, -0.2) is 50.7 Å². The molecule has 3 aliphatic heterocycles. The van der Waals surface area contributed by atoms with Gasteiger partial charge in [0.15, 0.2) is 0 Å². The molecule has 1 saturated heterocycles. The summed E-state index contributed by atoms with van der Waals surface area (Å²) >= 11 is 0. The Morgan fingerprint density at radius 2 is 1.17 bits per heavy atom. The average molecular weight is 657 g/mol. The SMILES string of the molecule is CF.CF.Cc1cccc2c1C(=O)OC(C)CC(C)C(C)CC=CC2.Cc1cccc2c1C(=O)OC(C)CC1CC(C)CC(CC2)O1. The van der Waals surface area contributed by atoms with Crippen molar-refractivity contribution in [3.05, 3.63) is 81.9 Å². The summed E-state index contributed by atoms with van der Waals surface area (Å²) in [7, 11) is 1.00. The molecule has 0 amide bonds. The van der Waals surface area contributed by atoms with Gasteiger partial charge in [-0.3, -0.25) is 8.78 Å². The van der Waals surface area contributed by atoms with Crippen molar-refractivity contribution >= 4 is 11.9 Å². The molecule has 0 aromatic heterocycles. The molecule has 3 heterocycles. The summed E-state index contributed by atoms with van der Waals surface area (Å²) in [5.41, 5.74) is 5.67. The van der Waals surface area contributed by atoms with Crippen molar-refractivity contribution in [3.63, 3.8) is 0 Å². The Bertz CT molecular complexity index is 1290. The van der Waals surface area contributed by atoms with Gasteiger partial charge in [0, 0.05) is 6.42 Å². The fourth-order valence-electron chi connectivity index (χ4n) is 6.91. The average Bonchev–Trinajstić information content (AvgIpc) is 3.04. The lowest BCUT2D eigenvalue weighted by Crippen LogP contribution is -2.34. The summed E-state index contributed by atoms with van der Waals surface area (Å²) in [5, 5.41) is 0. The first kappa shape index (κ1) is 40.1. The molecule has 5 nitrogen and oxygen atoms in total. The smallest absolute Gasteiger partial charge is 0.338 e. The van der Waals surface area contributed by atoms with Crippen molar-refractivity contribution in [2.45, 2.75) is 124 Å². The topological polar surface area (TPSA) is 61.8 Å². The Balaban J connectivity index is 0.000000296. The minimum atomic E-state index is -0.176. The van der Waals surface area contributed by atoms with E-state index in [2.05, 4.69) is 39.0 Å². The van der Waals surface area contributed by atoms with Gasteiger partial charge in [-0.2, -0.15) is 0 Å². The number of ether oxygens (including phenoxy) is 3. The number of carbonyl (C=O) groups is 2. The van der Waals surface area contributed by atoms with Crippen LogP contribution in [-0.2, 0) is 27.1 Å². The van der Waals surface area contributed by atoms with Crippen molar-refractivity contribution in [1.82, 2.24) is 0 Å². The maximum absolute atomic E-state index is 12.6. The molecule has 7 atom stereocenters. The third-order valence-electron chi connectivity index (χ3n) is 9.48. The standard InChI is InChI=1S/C19H26O3.C19H26O2.2CH3F/c1-12-9-16-8-7-15-6-4-5-13(2)18(15)19(20)21-14(3)11-17(10-12)22-16;1-13-8-5-6-10-17-11-7-9-14(2)18(17)19(20)21-16(4)12-15(13)3;2*1-2/h4-6,12,14,16-17H,7-11H2,1-3H3;5-7,9,11,13,15-16H,8,10,12H2,1-4H3;2*1H3.